The van der Waals surface area contributed by atoms with Crippen molar-refractivity contribution in [2.24, 2.45) is 21.4 Å². The first-order chi connectivity index (χ1) is 11.4. The van der Waals surface area contributed by atoms with Gasteiger partial charge in [0.2, 0.25) is 0 Å². The van der Waals surface area contributed by atoms with Gasteiger partial charge in [-0.1, -0.05) is 0 Å². The molecule has 0 aromatic rings. The van der Waals surface area contributed by atoms with Gasteiger partial charge in [0, 0.05) is 12.1 Å². The molecule has 7 nitrogen and oxygen atoms in total. The number of nitrogens with two attached hydrogens (primary N) is 1. The summed E-state index contributed by atoms with van der Waals surface area (Å²) in [4.78, 5) is 9.71. The second-order valence-electron chi connectivity index (χ2n) is 7.76. The normalized spacial score (nSPS) is 20.9. The topological polar surface area (TPSA) is 108 Å². The van der Waals surface area contributed by atoms with E-state index in [9.17, 15) is 13.2 Å². The predicted octanol–water partition coefficient (Wildman–Crippen LogP) is 1.40. The highest BCUT2D eigenvalue weighted by molar-refractivity contribution is 7.85. The SMILES string of the molecule is CC(C)(C)[S@@](N)=O.CC(C)(C)[S@](=O)N=CC1COC1.O=CC1COC1. The van der Waals surface area contributed by atoms with E-state index in [1.807, 2.05) is 41.5 Å². The van der Waals surface area contributed by atoms with E-state index in [0.29, 0.717) is 19.1 Å². The van der Waals surface area contributed by atoms with Crippen LogP contribution in [0, 0.1) is 11.8 Å². The van der Waals surface area contributed by atoms with Gasteiger partial charge < -0.3 is 14.3 Å². The van der Waals surface area contributed by atoms with Crippen molar-refractivity contribution < 1.29 is 22.7 Å². The molecule has 2 heterocycles. The van der Waals surface area contributed by atoms with Crippen molar-refractivity contribution in [2.45, 2.75) is 51.0 Å². The fourth-order valence-corrected chi connectivity index (χ4v) is 1.57. The van der Waals surface area contributed by atoms with E-state index < -0.39 is 22.0 Å². The van der Waals surface area contributed by atoms with E-state index in [0.717, 1.165) is 19.5 Å². The molecule has 0 bridgehead atoms. The second kappa shape index (κ2) is 11.3. The molecular formula is C16H32N2O5S2. The lowest BCUT2D eigenvalue weighted by Gasteiger charge is -2.22. The highest BCUT2D eigenvalue weighted by Gasteiger charge is 2.20. The molecule has 0 aromatic carbocycles. The monoisotopic (exact) mass is 396 g/mol. The Morgan fingerprint density at radius 3 is 1.48 bits per heavy atom. The average molecular weight is 397 g/mol. The fourth-order valence-electron chi connectivity index (χ4n) is 0.972. The first-order valence-corrected chi connectivity index (χ1v) is 10.4. The quantitative estimate of drug-likeness (QED) is 0.573. The number of nitrogens with zero attached hydrogens (tertiary/aromatic N) is 1. The minimum absolute atomic E-state index is 0.213. The van der Waals surface area contributed by atoms with E-state index in [1.54, 1.807) is 6.21 Å². The molecule has 0 spiro atoms. The number of hydrogen-bond acceptors (Lipinski definition) is 5. The standard InChI is InChI=1S/C8H15NO2S.C4H11NOS.C4H6O2/c1-8(2,3)12(10)9-4-7-5-11-6-7;1-4(2,3)7(5)6;5-1-4-2-6-3-4/h4,7H,5-6H2,1-3H3;5H2,1-3H3;1,4H,2-3H2/t12-;7-;/m00./s1. The molecule has 0 amide bonds. The molecule has 2 aliphatic heterocycles. The summed E-state index contributed by atoms with van der Waals surface area (Å²) in [6.45, 7) is 14.0. The number of ether oxygens (including phenoxy) is 2. The molecule has 0 radical (unpaired) electrons. The summed E-state index contributed by atoms with van der Waals surface area (Å²) < 4.78 is 34.9. The van der Waals surface area contributed by atoms with Crippen molar-refractivity contribution in [1.29, 1.82) is 0 Å². The number of carbonyl (C=O) groups excluding carboxylic acids is 1. The largest absolute Gasteiger partial charge is 0.380 e. The maximum atomic E-state index is 11.4. The Morgan fingerprint density at radius 1 is 0.920 bits per heavy atom. The number of hydrogen-bond donors (Lipinski definition) is 1. The van der Waals surface area contributed by atoms with Crippen LogP contribution in [0.3, 0.4) is 0 Å². The molecule has 2 rings (SSSR count). The van der Waals surface area contributed by atoms with E-state index in [2.05, 4.69) is 4.40 Å². The summed E-state index contributed by atoms with van der Waals surface area (Å²) in [6, 6.07) is 0. The summed E-state index contributed by atoms with van der Waals surface area (Å²) in [5.41, 5.74) is 0. The molecule has 2 N–H and O–H groups in total. The number of aldehydes is 1. The van der Waals surface area contributed by atoms with Crippen LogP contribution in [0.5, 0.6) is 0 Å². The Hall–Kier alpha value is -0.480. The lowest BCUT2D eigenvalue weighted by molar-refractivity contribution is -0.123. The summed E-state index contributed by atoms with van der Waals surface area (Å²) in [6.07, 6.45) is 2.69. The highest BCUT2D eigenvalue weighted by atomic mass is 32.2. The molecule has 25 heavy (non-hydrogen) atoms. The van der Waals surface area contributed by atoms with Crippen LogP contribution in [0.2, 0.25) is 0 Å². The van der Waals surface area contributed by atoms with Crippen LogP contribution in [-0.4, -0.2) is 56.8 Å². The molecule has 2 aliphatic rings. The van der Waals surface area contributed by atoms with E-state index in [4.69, 9.17) is 14.6 Å². The van der Waals surface area contributed by atoms with Crippen molar-refractivity contribution >= 4 is 34.5 Å². The smallest absolute Gasteiger partial charge is 0.144 e. The molecule has 0 saturated carbocycles. The van der Waals surface area contributed by atoms with Crippen molar-refractivity contribution in [2.75, 3.05) is 26.4 Å². The zero-order valence-corrected chi connectivity index (χ0v) is 17.7. The maximum Gasteiger partial charge on any atom is 0.144 e. The Bertz CT molecular complexity index is 476. The van der Waals surface area contributed by atoms with Crippen molar-refractivity contribution in [3.05, 3.63) is 0 Å². The van der Waals surface area contributed by atoms with Crippen molar-refractivity contribution in [3.63, 3.8) is 0 Å². The van der Waals surface area contributed by atoms with Gasteiger partial charge in [0.15, 0.2) is 0 Å². The molecular weight excluding hydrogens is 364 g/mol. The van der Waals surface area contributed by atoms with Crippen LogP contribution in [0.25, 0.3) is 0 Å². The predicted molar refractivity (Wildman–Crippen MR) is 103 cm³/mol. The summed E-state index contributed by atoms with van der Waals surface area (Å²) in [7, 11) is -2.29. The molecule has 9 heteroatoms. The van der Waals surface area contributed by atoms with Crippen LogP contribution in [0.1, 0.15) is 41.5 Å². The van der Waals surface area contributed by atoms with Gasteiger partial charge in [-0.2, -0.15) is 4.40 Å². The van der Waals surface area contributed by atoms with Gasteiger partial charge in [-0.15, -0.1) is 0 Å². The van der Waals surface area contributed by atoms with Gasteiger partial charge >= 0.3 is 0 Å². The minimum Gasteiger partial charge on any atom is -0.380 e. The lowest BCUT2D eigenvalue weighted by Crippen LogP contribution is -2.29. The third-order valence-electron chi connectivity index (χ3n) is 3.01. The fraction of sp³-hybridized carbons (Fsp3) is 0.875. The van der Waals surface area contributed by atoms with Gasteiger partial charge in [0.05, 0.1) is 52.8 Å². The zero-order chi connectivity index (χ0) is 19.7. The third kappa shape index (κ3) is 11.7. The molecule has 0 aliphatic carbocycles. The van der Waals surface area contributed by atoms with Gasteiger partial charge in [-0.3, -0.25) is 5.14 Å². The van der Waals surface area contributed by atoms with Crippen molar-refractivity contribution in [3.8, 4) is 0 Å². The lowest BCUT2D eigenvalue weighted by atomic mass is 10.1. The number of rotatable bonds is 3. The average Bonchev–Trinajstić information content (AvgIpc) is 2.34. The minimum atomic E-state index is -1.18. The highest BCUT2D eigenvalue weighted by Crippen LogP contribution is 2.13. The Balaban J connectivity index is 0.000000377. The Labute approximate surface area is 156 Å². The van der Waals surface area contributed by atoms with Crippen molar-refractivity contribution in [1.82, 2.24) is 0 Å². The van der Waals surface area contributed by atoms with Crippen LogP contribution in [0.4, 0.5) is 0 Å². The summed E-state index contributed by atoms with van der Waals surface area (Å²) in [5, 5.41) is 5.04. The Morgan fingerprint density at radius 2 is 1.32 bits per heavy atom. The molecule has 148 valence electrons. The van der Waals surface area contributed by atoms with Crippen LogP contribution in [0.15, 0.2) is 4.40 Å². The van der Waals surface area contributed by atoms with Crippen LogP contribution in [-0.2, 0) is 36.2 Å². The third-order valence-corrected chi connectivity index (χ3v) is 5.58. The van der Waals surface area contributed by atoms with E-state index in [-0.39, 0.29) is 15.4 Å². The molecule has 0 unspecified atom stereocenters. The molecule has 0 aromatic heterocycles. The van der Waals surface area contributed by atoms with E-state index in [1.165, 1.54) is 0 Å². The molecule has 2 saturated heterocycles. The van der Waals surface area contributed by atoms with Gasteiger partial charge in [0.25, 0.3) is 0 Å². The van der Waals surface area contributed by atoms with Gasteiger partial charge in [0.1, 0.15) is 17.3 Å². The maximum absolute atomic E-state index is 11.4. The first-order valence-electron chi connectivity index (χ1n) is 8.11. The van der Waals surface area contributed by atoms with Gasteiger partial charge in [-0.25, -0.2) is 8.42 Å². The number of carbonyl (C=O) groups is 1. The Kier molecular flexibility index (Phi) is 11.1. The molecule has 2 fully saturated rings. The molecule has 2 atom stereocenters. The van der Waals surface area contributed by atoms with E-state index >= 15 is 0 Å². The van der Waals surface area contributed by atoms with Gasteiger partial charge in [-0.05, 0) is 41.5 Å². The second-order valence-corrected chi connectivity index (χ2v) is 11.5. The van der Waals surface area contributed by atoms with Crippen LogP contribution < -0.4 is 5.14 Å². The van der Waals surface area contributed by atoms with Crippen LogP contribution >= 0.6 is 0 Å². The zero-order valence-electron chi connectivity index (χ0n) is 16.0. The summed E-state index contributed by atoms with van der Waals surface area (Å²) >= 11 is 0. The first kappa shape index (κ1) is 24.5. The summed E-state index contributed by atoms with van der Waals surface area (Å²) in [5.74, 6) is 0.598.